The van der Waals surface area contributed by atoms with Crippen LogP contribution < -0.4 is 5.73 Å². The van der Waals surface area contributed by atoms with Gasteiger partial charge in [0.05, 0.1) is 11.3 Å². The highest BCUT2D eigenvalue weighted by molar-refractivity contribution is 5.87. The minimum Gasteiger partial charge on any atom is -0.382 e. The number of aromatic amines is 1. The fraction of sp³-hybridized carbons (Fsp3) is 0. The zero-order valence-corrected chi connectivity index (χ0v) is 10.7. The van der Waals surface area contributed by atoms with Gasteiger partial charge in [-0.3, -0.25) is 5.10 Å². The predicted octanol–water partition coefficient (Wildman–Crippen LogP) is 3.74. The van der Waals surface area contributed by atoms with E-state index in [1.54, 1.807) is 24.3 Å². The molecule has 0 aliphatic heterocycles. The minimum absolute atomic E-state index is 0.128. The molecule has 3 aromatic rings. The van der Waals surface area contributed by atoms with Gasteiger partial charge in [-0.15, -0.1) is 0 Å². The molecule has 0 saturated carbocycles. The van der Waals surface area contributed by atoms with Crippen molar-refractivity contribution in [3.05, 3.63) is 59.9 Å². The van der Waals surface area contributed by atoms with Crippen LogP contribution in [0.15, 0.2) is 42.5 Å². The molecule has 0 spiro atoms. The number of hydrogen-bond donors (Lipinski definition) is 2. The number of nitrogens with zero attached hydrogens (tertiary/aromatic N) is 1. The SMILES string of the molecule is Nc1n[nH]c(-c2ccc(F)c(F)c2F)c1-c1ccccc1. The van der Waals surface area contributed by atoms with Gasteiger partial charge in [0, 0.05) is 5.56 Å². The number of nitrogen functional groups attached to an aromatic ring is 1. The number of anilines is 1. The van der Waals surface area contributed by atoms with Gasteiger partial charge in [0.15, 0.2) is 23.3 Å². The summed E-state index contributed by atoms with van der Waals surface area (Å²) in [5, 5.41) is 6.40. The van der Waals surface area contributed by atoms with Gasteiger partial charge in [-0.05, 0) is 17.7 Å². The number of halogens is 3. The van der Waals surface area contributed by atoms with Crippen LogP contribution in [0.4, 0.5) is 19.0 Å². The summed E-state index contributed by atoms with van der Waals surface area (Å²) >= 11 is 0. The Kier molecular flexibility index (Phi) is 3.13. The maximum atomic E-state index is 13.9. The third-order valence-electron chi connectivity index (χ3n) is 3.16. The summed E-state index contributed by atoms with van der Waals surface area (Å²) in [6.07, 6.45) is 0. The highest BCUT2D eigenvalue weighted by Gasteiger charge is 2.21. The molecule has 6 heteroatoms. The molecule has 0 aliphatic rings. The summed E-state index contributed by atoms with van der Waals surface area (Å²) in [5.41, 5.74) is 7.01. The lowest BCUT2D eigenvalue weighted by atomic mass is 10.0. The molecule has 2 aromatic carbocycles. The first kappa shape index (κ1) is 13.2. The van der Waals surface area contributed by atoms with E-state index in [4.69, 9.17) is 5.73 Å². The Bertz CT molecular complexity index is 797. The van der Waals surface area contributed by atoms with Gasteiger partial charge < -0.3 is 5.73 Å². The Morgan fingerprint density at radius 3 is 2.33 bits per heavy atom. The molecule has 0 radical (unpaired) electrons. The highest BCUT2D eigenvalue weighted by Crippen LogP contribution is 2.36. The summed E-state index contributed by atoms with van der Waals surface area (Å²) in [5.74, 6) is -3.90. The first-order valence-electron chi connectivity index (χ1n) is 6.12. The van der Waals surface area contributed by atoms with Crippen LogP contribution in [0.1, 0.15) is 0 Å². The summed E-state index contributed by atoms with van der Waals surface area (Å²) in [6.45, 7) is 0. The third-order valence-corrected chi connectivity index (χ3v) is 3.16. The molecule has 3 N–H and O–H groups in total. The standard InChI is InChI=1S/C15H10F3N3/c16-10-7-6-9(12(17)13(10)18)14-11(15(19)21-20-14)8-4-2-1-3-5-8/h1-7H,(H3,19,20,21). The molecule has 3 rings (SSSR count). The van der Waals surface area contributed by atoms with Crippen molar-refractivity contribution in [3.63, 3.8) is 0 Å². The number of nitrogens with one attached hydrogen (secondary N) is 1. The highest BCUT2D eigenvalue weighted by atomic mass is 19.2. The van der Waals surface area contributed by atoms with Crippen molar-refractivity contribution in [2.75, 3.05) is 5.73 Å². The first-order valence-corrected chi connectivity index (χ1v) is 6.12. The van der Waals surface area contributed by atoms with Crippen molar-refractivity contribution in [1.29, 1.82) is 0 Å². The molecule has 0 bridgehead atoms. The Morgan fingerprint density at radius 2 is 1.62 bits per heavy atom. The van der Waals surface area contributed by atoms with E-state index in [-0.39, 0.29) is 17.1 Å². The lowest BCUT2D eigenvalue weighted by Gasteiger charge is -2.06. The molecule has 0 atom stereocenters. The number of nitrogens with two attached hydrogens (primary N) is 1. The van der Waals surface area contributed by atoms with Gasteiger partial charge in [0.2, 0.25) is 0 Å². The number of rotatable bonds is 2. The average Bonchev–Trinajstić information content (AvgIpc) is 2.87. The normalized spacial score (nSPS) is 10.8. The van der Waals surface area contributed by atoms with Crippen molar-refractivity contribution < 1.29 is 13.2 Å². The molecule has 0 aliphatic carbocycles. The van der Waals surface area contributed by atoms with Crippen LogP contribution in [0.3, 0.4) is 0 Å². The van der Waals surface area contributed by atoms with E-state index in [0.29, 0.717) is 11.1 Å². The van der Waals surface area contributed by atoms with Crippen LogP contribution in [-0.4, -0.2) is 10.2 Å². The van der Waals surface area contributed by atoms with Crippen molar-refractivity contribution in [1.82, 2.24) is 10.2 Å². The Hall–Kier alpha value is -2.76. The topological polar surface area (TPSA) is 54.7 Å². The second-order valence-corrected chi connectivity index (χ2v) is 4.45. The molecule has 1 aromatic heterocycles. The zero-order valence-electron chi connectivity index (χ0n) is 10.7. The van der Waals surface area contributed by atoms with E-state index >= 15 is 0 Å². The third kappa shape index (κ3) is 2.14. The minimum atomic E-state index is -1.53. The fourth-order valence-electron chi connectivity index (χ4n) is 2.17. The average molecular weight is 289 g/mol. The summed E-state index contributed by atoms with van der Waals surface area (Å²) in [7, 11) is 0. The number of hydrogen-bond acceptors (Lipinski definition) is 2. The molecule has 0 fully saturated rings. The number of aromatic nitrogens is 2. The molecule has 3 nitrogen and oxygen atoms in total. The Morgan fingerprint density at radius 1 is 0.905 bits per heavy atom. The van der Waals surface area contributed by atoms with Crippen LogP contribution in [0.25, 0.3) is 22.4 Å². The van der Waals surface area contributed by atoms with Crippen LogP contribution in [0, 0.1) is 17.5 Å². The van der Waals surface area contributed by atoms with Gasteiger partial charge in [-0.1, -0.05) is 30.3 Å². The lowest BCUT2D eigenvalue weighted by molar-refractivity contribution is 0.449. The van der Waals surface area contributed by atoms with Gasteiger partial charge in [0.25, 0.3) is 0 Å². The van der Waals surface area contributed by atoms with Crippen molar-refractivity contribution in [2.45, 2.75) is 0 Å². The van der Waals surface area contributed by atoms with Gasteiger partial charge in [-0.2, -0.15) is 5.10 Å². The summed E-state index contributed by atoms with van der Waals surface area (Å²) < 4.78 is 40.4. The van der Waals surface area contributed by atoms with E-state index in [1.807, 2.05) is 6.07 Å². The number of H-pyrrole nitrogens is 1. The monoisotopic (exact) mass is 289 g/mol. The largest absolute Gasteiger partial charge is 0.382 e. The van der Waals surface area contributed by atoms with Crippen LogP contribution in [0.5, 0.6) is 0 Å². The summed E-state index contributed by atoms with van der Waals surface area (Å²) in [4.78, 5) is 0. The first-order chi connectivity index (χ1) is 10.1. The van der Waals surface area contributed by atoms with Gasteiger partial charge in [0.1, 0.15) is 0 Å². The molecule has 0 unspecified atom stereocenters. The lowest BCUT2D eigenvalue weighted by Crippen LogP contribution is -1.95. The van der Waals surface area contributed by atoms with E-state index in [2.05, 4.69) is 10.2 Å². The predicted molar refractivity (Wildman–Crippen MR) is 73.7 cm³/mol. The quantitative estimate of drug-likeness (QED) is 0.706. The summed E-state index contributed by atoms with van der Waals surface area (Å²) in [6, 6.07) is 10.9. The van der Waals surface area contributed by atoms with Crippen LogP contribution >= 0.6 is 0 Å². The van der Waals surface area contributed by atoms with Crippen molar-refractivity contribution >= 4 is 5.82 Å². The van der Waals surface area contributed by atoms with Gasteiger partial charge >= 0.3 is 0 Å². The van der Waals surface area contributed by atoms with Crippen molar-refractivity contribution in [2.24, 2.45) is 0 Å². The maximum absolute atomic E-state index is 13.9. The molecular formula is C15H10F3N3. The molecule has 1 heterocycles. The molecular weight excluding hydrogens is 279 g/mol. The van der Waals surface area contributed by atoms with E-state index in [9.17, 15) is 13.2 Å². The molecule has 21 heavy (non-hydrogen) atoms. The maximum Gasteiger partial charge on any atom is 0.195 e. The Balaban J connectivity index is 2.24. The Labute approximate surface area is 118 Å². The van der Waals surface area contributed by atoms with E-state index in [1.165, 1.54) is 0 Å². The van der Waals surface area contributed by atoms with Gasteiger partial charge in [-0.25, -0.2) is 13.2 Å². The molecule has 0 amide bonds. The van der Waals surface area contributed by atoms with Crippen LogP contribution in [0.2, 0.25) is 0 Å². The molecule has 0 saturated heterocycles. The molecule has 106 valence electrons. The van der Waals surface area contributed by atoms with E-state index < -0.39 is 17.5 Å². The zero-order chi connectivity index (χ0) is 15.0. The second kappa shape index (κ2) is 4.97. The van der Waals surface area contributed by atoms with Crippen molar-refractivity contribution in [3.8, 4) is 22.4 Å². The fourth-order valence-corrected chi connectivity index (χ4v) is 2.17. The van der Waals surface area contributed by atoms with E-state index in [0.717, 1.165) is 12.1 Å². The second-order valence-electron chi connectivity index (χ2n) is 4.45. The smallest absolute Gasteiger partial charge is 0.195 e. The van der Waals surface area contributed by atoms with Crippen LogP contribution in [-0.2, 0) is 0 Å². The number of benzene rings is 2.